The summed E-state index contributed by atoms with van der Waals surface area (Å²) in [5.74, 6) is 0. The van der Waals surface area contributed by atoms with Crippen LogP contribution in [0.4, 0.5) is 0 Å². The van der Waals surface area contributed by atoms with Gasteiger partial charge < -0.3 is 4.98 Å². The van der Waals surface area contributed by atoms with E-state index in [0.717, 1.165) is 23.2 Å². The molecule has 3 heteroatoms. The molecule has 17 heavy (non-hydrogen) atoms. The number of hydrogen-bond donors (Lipinski definition) is 1. The quantitative estimate of drug-likeness (QED) is 0.810. The van der Waals surface area contributed by atoms with Crippen molar-refractivity contribution in [3.63, 3.8) is 0 Å². The summed E-state index contributed by atoms with van der Waals surface area (Å²) in [7, 11) is 0. The highest BCUT2D eigenvalue weighted by atomic mass is 32.1. The van der Waals surface area contributed by atoms with Crippen LogP contribution in [-0.2, 0) is 6.42 Å². The van der Waals surface area contributed by atoms with Crippen molar-refractivity contribution in [2.45, 2.75) is 13.3 Å². The SMILES string of the molecule is CCc1cc(C#N)c(=S)[nH]c1-c1ccccc1. The summed E-state index contributed by atoms with van der Waals surface area (Å²) in [6, 6.07) is 14.0. The standard InChI is InChI=1S/C14H12N2S/c1-2-10-8-12(9-15)14(17)16-13(10)11-6-4-3-5-7-11/h3-8H,2H2,1H3,(H,16,17). The number of aromatic nitrogens is 1. The Morgan fingerprint density at radius 2 is 2.00 bits per heavy atom. The number of nitriles is 1. The first-order chi connectivity index (χ1) is 8.26. The molecule has 0 aliphatic carbocycles. The number of hydrogen-bond acceptors (Lipinski definition) is 2. The fraction of sp³-hybridized carbons (Fsp3) is 0.143. The molecular formula is C14H12N2S. The van der Waals surface area contributed by atoms with Crippen LogP contribution in [0.3, 0.4) is 0 Å². The van der Waals surface area contributed by atoms with Crippen LogP contribution in [0.1, 0.15) is 18.1 Å². The molecule has 0 saturated heterocycles. The normalized spacial score (nSPS) is 9.88. The molecule has 1 N–H and O–H groups in total. The van der Waals surface area contributed by atoms with Gasteiger partial charge in [-0.25, -0.2) is 0 Å². The molecule has 0 radical (unpaired) electrons. The molecule has 0 bridgehead atoms. The van der Waals surface area contributed by atoms with Gasteiger partial charge in [0.25, 0.3) is 0 Å². The lowest BCUT2D eigenvalue weighted by Gasteiger charge is -2.08. The summed E-state index contributed by atoms with van der Waals surface area (Å²) in [4.78, 5) is 3.15. The maximum Gasteiger partial charge on any atom is 0.121 e. The third-order valence-corrected chi connectivity index (χ3v) is 3.01. The van der Waals surface area contributed by atoms with Crippen molar-refractivity contribution in [2.75, 3.05) is 0 Å². The van der Waals surface area contributed by atoms with Crippen LogP contribution in [-0.4, -0.2) is 4.98 Å². The lowest BCUT2D eigenvalue weighted by Crippen LogP contribution is -1.95. The monoisotopic (exact) mass is 240 g/mol. The van der Waals surface area contributed by atoms with Crippen LogP contribution in [0.2, 0.25) is 0 Å². The maximum atomic E-state index is 8.96. The second-order valence-corrected chi connectivity index (χ2v) is 4.15. The van der Waals surface area contributed by atoms with E-state index < -0.39 is 0 Å². The summed E-state index contributed by atoms with van der Waals surface area (Å²) in [5, 5.41) is 8.96. The average Bonchev–Trinajstić information content (AvgIpc) is 2.39. The summed E-state index contributed by atoms with van der Waals surface area (Å²) < 4.78 is 0.503. The van der Waals surface area contributed by atoms with Gasteiger partial charge in [0, 0.05) is 5.69 Å². The van der Waals surface area contributed by atoms with Gasteiger partial charge in [0.2, 0.25) is 0 Å². The predicted octanol–water partition coefficient (Wildman–Crippen LogP) is 3.85. The van der Waals surface area contributed by atoms with E-state index >= 15 is 0 Å². The molecule has 0 atom stereocenters. The Balaban J connectivity index is 2.67. The minimum atomic E-state index is 0.503. The van der Waals surface area contributed by atoms with Crippen molar-refractivity contribution >= 4 is 12.2 Å². The number of aromatic amines is 1. The van der Waals surface area contributed by atoms with Crippen LogP contribution >= 0.6 is 12.2 Å². The summed E-state index contributed by atoms with van der Waals surface area (Å²) in [6.07, 6.45) is 0.866. The van der Waals surface area contributed by atoms with Gasteiger partial charge in [-0.05, 0) is 23.6 Å². The molecule has 84 valence electrons. The Bertz CT molecular complexity index is 621. The fourth-order valence-corrected chi connectivity index (χ4v) is 2.00. The van der Waals surface area contributed by atoms with Crippen LogP contribution in [0.25, 0.3) is 11.3 Å². The summed E-state index contributed by atoms with van der Waals surface area (Å²) in [5.41, 5.74) is 3.76. The highest BCUT2D eigenvalue weighted by Crippen LogP contribution is 2.22. The Kier molecular flexibility index (Phi) is 3.36. The second kappa shape index (κ2) is 4.94. The third kappa shape index (κ3) is 2.27. The van der Waals surface area contributed by atoms with E-state index in [1.165, 1.54) is 0 Å². The lowest BCUT2D eigenvalue weighted by atomic mass is 10.0. The highest BCUT2D eigenvalue weighted by Gasteiger charge is 2.06. The molecule has 0 saturated carbocycles. The van der Waals surface area contributed by atoms with Crippen molar-refractivity contribution in [1.82, 2.24) is 4.98 Å². The van der Waals surface area contributed by atoms with Crippen molar-refractivity contribution in [3.05, 3.63) is 52.2 Å². The van der Waals surface area contributed by atoms with Gasteiger partial charge in [-0.15, -0.1) is 0 Å². The van der Waals surface area contributed by atoms with E-state index in [1.54, 1.807) is 0 Å². The van der Waals surface area contributed by atoms with Gasteiger partial charge in [-0.3, -0.25) is 0 Å². The molecule has 2 rings (SSSR count). The van der Waals surface area contributed by atoms with Gasteiger partial charge in [0.05, 0.1) is 5.56 Å². The molecular weight excluding hydrogens is 228 g/mol. The highest BCUT2D eigenvalue weighted by molar-refractivity contribution is 7.71. The molecule has 1 aromatic heterocycles. The number of nitrogens with zero attached hydrogens (tertiary/aromatic N) is 1. The minimum Gasteiger partial charge on any atom is -0.345 e. The molecule has 2 nitrogen and oxygen atoms in total. The van der Waals surface area contributed by atoms with E-state index in [4.69, 9.17) is 17.5 Å². The van der Waals surface area contributed by atoms with Gasteiger partial charge in [-0.2, -0.15) is 5.26 Å². The minimum absolute atomic E-state index is 0.503. The van der Waals surface area contributed by atoms with E-state index in [0.29, 0.717) is 10.2 Å². The Labute approximate surface area is 106 Å². The zero-order valence-electron chi connectivity index (χ0n) is 9.53. The second-order valence-electron chi connectivity index (χ2n) is 3.74. The predicted molar refractivity (Wildman–Crippen MR) is 71.2 cm³/mol. The topological polar surface area (TPSA) is 39.6 Å². The molecule has 0 fully saturated rings. The Hall–Kier alpha value is -1.92. The van der Waals surface area contributed by atoms with E-state index in [9.17, 15) is 0 Å². The molecule has 2 aromatic rings. The van der Waals surface area contributed by atoms with Gasteiger partial charge >= 0.3 is 0 Å². The van der Waals surface area contributed by atoms with Gasteiger partial charge in [-0.1, -0.05) is 49.5 Å². The number of pyridine rings is 1. The number of aryl methyl sites for hydroxylation is 1. The summed E-state index contributed by atoms with van der Waals surface area (Å²) >= 11 is 5.17. The smallest absolute Gasteiger partial charge is 0.121 e. The Morgan fingerprint density at radius 1 is 1.29 bits per heavy atom. The van der Waals surface area contributed by atoms with Crippen molar-refractivity contribution in [1.29, 1.82) is 5.26 Å². The molecule has 1 heterocycles. The first kappa shape index (κ1) is 11.6. The van der Waals surface area contributed by atoms with Crippen LogP contribution < -0.4 is 0 Å². The first-order valence-electron chi connectivity index (χ1n) is 5.48. The lowest BCUT2D eigenvalue weighted by molar-refractivity contribution is 1.10. The van der Waals surface area contributed by atoms with E-state index in [2.05, 4.69) is 18.0 Å². The number of H-pyrrole nitrogens is 1. The van der Waals surface area contributed by atoms with Gasteiger partial charge in [0.15, 0.2) is 0 Å². The molecule has 1 aromatic carbocycles. The van der Waals surface area contributed by atoms with E-state index in [-0.39, 0.29) is 0 Å². The zero-order valence-corrected chi connectivity index (χ0v) is 10.3. The summed E-state index contributed by atoms with van der Waals surface area (Å²) in [6.45, 7) is 2.07. The van der Waals surface area contributed by atoms with Crippen molar-refractivity contribution < 1.29 is 0 Å². The third-order valence-electron chi connectivity index (χ3n) is 2.69. The number of benzene rings is 1. The number of rotatable bonds is 2. The molecule has 0 aliphatic heterocycles. The molecule has 0 amide bonds. The zero-order chi connectivity index (χ0) is 12.3. The van der Waals surface area contributed by atoms with Gasteiger partial charge in [0.1, 0.15) is 10.7 Å². The van der Waals surface area contributed by atoms with Crippen LogP contribution in [0.5, 0.6) is 0 Å². The fourth-order valence-electron chi connectivity index (χ4n) is 1.80. The molecule has 0 aliphatic rings. The van der Waals surface area contributed by atoms with Crippen molar-refractivity contribution in [3.8, 4) is 17.3 Å². The maximum absolute atomic E-state index is 8.96. The van der Waals surface area contributed by atoms with Crippen LogP contribution in [0.15, 0.2) is 36.4 Å². The molecule has 0 unspecified atom stereocenters. The molecule has 0 spiro atoms. The van der Waals surface area contributed by atoms with Crippen LogP contribution in [0, 0.1) is 16.0 Å². The first-order valence-corrected chi connectivity index (χ1v) is 5.88. The van der Waals surface area contributed by atoms with E-state index in [1.807, 2.05) is 36.4 Å². The average molecular weight is 240 g/mol. The number of nitrogens with one attached hydrogen (secondary N) is 1. The Morgan fingerprint density at radius 3 is 2.59 bits per heavy atom. The largest absolute Gasteiger partial charge is 0.345 e. The van der Waals surface area contributed by atoms with Crippen molar-refractivity contribution in [2.24, 2.45) is 0 Å².